The lowest BCUT2D eigenvalue weighted by Gasteiger charge is -2.20. The van der Waals surface area contributed by atoms with Crippen molar-refractivity contribution in [2.45, 2.75) is 39.5 Å². The fourth-order valence-corrected chi connectivity index (χ4v) is 3.11. The van der Waals surface area contributed by atoms with Gasteiger partial charge in [0, 0.05) is 12.5 Å². The van der Waals surface area contributed by atoms with Crippen LogP contribution in [0, 0.1) is 0 Å². The van der Waals surface area contributed by atoms with Gasteiger partial charge in [-0.15, -0.1) is 4.68 Å². The van der Waals surface area contributed by atoms with Crippen LogP contribution in [-0.4, -0.2) is 34.8 Å². The van der Waals surface area contributed by atoms with Crippen molar-refractivity contribution >= 4 is 17.7 Å². The van der Waals surface area contributed by atoms with Gasteiger partial charge >= 0.3 is 5.97 Å². The Kier molecular flexibility index (Phi) is 5.86. The Bertz CT molecular complexity index is 856. The third kappa shape index (κ3) is 4.17. The summed E-state index contributed by atoms with van der Waals surface area (Å²) in [6.45, 7) is 6.73. The molecule has 1 N–H and O–H groups in total. The number of nitrogens with one attached hydrogen (secondary N) is 1. The number of rotatable bonds is 6. The number of nitrogens with zero attached hydrogens (tertiary/aromatic N) is 2. The number of carbonyl (C=O) groups is 2. The Hall–Kier alpha value is -2.73. The predicted molar refractivity (Wildman–Crippen MR) is 103 cm³/mol. The van der Waals surface area contributed by atoms with Crippen LogP contribution < -0.4 is 4.90 Å². The molecule has 0 spiro atoms. The third-order valence-electron chi connectivity index (χ3n) is 4.62. The SMILES string of the molecule is CCOC(=O)C1=C[NH+](CCC2=CC=CCC=C2)c2cc(C(C)C)nn2C1=O. The zero-order valence-corrected chi connectivity index (χ0v) is 16.1. The molecular formula is C21H26N3O3+. The van der Waals surface area contributed by atoms with E-state index in [0.29, 0.717) is 6.54 Å². The van der Waals surface area contributed by atoms with Crippen molar-refractivity contribution in [3.05, 3.63) is 59.5 Å². The van der Waals surface area contributed by atoms with E-state index in [9.17, 15) is 9.59 Å². The van der Waals surface area contributed by atoms with Crippen LogP contribution in [0.15, 0.2) is 53.8 Å². The fourth-order valence-electron chi connectivity index (χ4n) is 3.11. The van der Waals surface area contributed by atoms with Gasteiger partial charge in [-0.1, -0.05) is 44.2 Å². The number of allylic oxidation sites excluding steroid dienone is 5. The van der Waals surface area contributed by atoms with Gasteiger partial charge < -0.3 is 4.74 Å². The van der Waals surface area contributed by atoms with Crippen molar-refractivity contribution in [3.63, 3.8) is 0 Å². The molecule has 0 saturated carbocycles. The molecule has 0 amide bonds. The first-order valence-corrected chi connectivity index (χ1v) is 9.43. The fraction of sp³-hybridized carbons (Fsp3) is 0.381. The molecule has 2 heterocycles. The van der Waals surface area contributed by atoms with Crippen LogP contribution in [0.2, 0.25) is 0 Å². The van der Waals surface area contributed by atoms with Gasteiger partial charge in [0.05, 0.1) is 18.8 Å². The molecule has 27 heavy (non-hydrogen) atoms. The highest BCUT2D eigenvalue weighted by molar-refractivity contribution is 6.17. The molecule has 1 aliphatic carbocycles. The minimum atomic E-state index is -0.594. The zero-order valence-electron chi connectivity index (χ0n) is 16.1. The summed E-state index contributed by atoms with van der Waals surface area (Å²) in [5.41, 5.74) is 2.10. The second-order valence-corrected chi connectivity index (χ2v) is 6.94. The molecule has 1 unspecified atom stereocenters. The highest BCUT2D eigenvalue weighted by Crippen LogP contribution is 2.20. The summed E-state index contributed by atoms with van der Waals surface area (Å²) in [7, 11) is 0. The second kappa shape index (κ2) is 8.31. The minimum Gasteiger partial charge on any atom is -0.462 e. The van der Waals surface area contributed by atoms with Crippen LogP contribution in [0.4, 0.5) is 5.82 Å². The Morgan fingerprint density at radius 1 is 1.37 bits per heavy atom. The van der Waals surface area contributed by atoms with E-state index in [0.717, 1.165) is 29.3 Å². The van der Waals surface area contributed by atoms with Crippen molar-refractivity contribution in [1.29, 1.82) is 0 Å². The lowest BCUT2D eigenvalue weighted by atomic mass is 10.1. The van der Waals surface area contributed by atoms with Crippen LogP contribution in [0.25, 0.3) is 0 Å². The summed E-state index contributed by atoms with van der Waals surface area (Å²) < 4.78 is 6.42. The van der Waals surface area contributed by atoms with E-state index in [2.05, 4.69) is 35.5 Å². The number of carbonyl (C=O) groups excluding carboxylic acids is 2. The van der Waals surface area contributed by atoms with Crippen molar-refractivity contribution in [3.8, 4) is 0 Å². The number of quaternary nitrogens is 1. The largest absolute Gasteiger partial charge is 0.462 e. The summed E-state index contributed by atoms with van der Waals surface area (Å²) >= 11 is 0. The van der Waals surface area contributed by atoms with E-state index in [1.807, 2.05) is 19.9 Å². The number of esters is 1. The van der Waals surface area contributed by atoms with Crippen molar-refractivity contribution < 1.29 is 19.2 Å². The first-order valence-electron chi connectivity index (χ1n) is 9.43. The van der Waals surface area contributed by atoms with Gasteiger partial charge in [-0.25, -0.2) is 4.79 Å². The summed E-state index contributed by atoms with van der Waals surface area (Å²) in [5.74, 6) is -0.0503. The molecule has 6 nitrogen and oxygen atoms in total. The van der Waals surface area contributed by atoms with Gasteiger partial charge in [-0.3, -0.25) is 9.69 Å². The summed E-state index contributed by atoms with van der Waals surface area (Å²) in [4.78, 5) is 25.9. The maximum absolute atomic E-state index is 12.8. The maximum Gasteiger partial charge on any atom is 0.349 e. The third-order valence-corrected chi connectivity index (χ3v) is 4.62. The Morgan fingerprint density at radius 2 is 2.19 bits per heavy atom. The molecule has 0 aromatic carbocycles. The van der Waals surface area contributed by atoms with E-state index in [-0.39, 0.29) is 18.1 Å². The quantitative estimate of drug-likeness (QED) is 0.619. The standard InChI is InChI=1S/C21H25N3O3/c1-4-27-21(26)17-14-23(12-11-16-9-7-5-6-8-10-16)19-13-18(15(2)3)22-24(19)20(17)25/h5,7-10,13-15H,4,6,11-12H2,1-3H3/p+1. The summed E-state index contributed by atoms with van der Waals surface area (Å²) in [6, 6.07) is 1.95. The van der Waals surface area contributed by atoms with Gasteiger partial charge in [-0.2, -0.15) is 5.10 Å². The molecule has 142 valence electrons. The Labute approximate surface area is 159 Å². The molecular weight excluding hydrogens is 342 g/mol. The molecule has 1 aromatic heterocycles. The minimum absolute atomic E-state index is 0.0445. The molecule has 3 rings (SSSR count). The Morgan fingerprint density at radius 3 is 2.93 bits per heavy atom. The number of ether oxygens (including phenoxy) is 1. The van der Waals surface area contributed by atoms with E-state index in [1.54, 1.807) is 13.1 Å². The van der Waals surface area contributed by atoms with Crippen molar-refractivity contribution in [2.24, 2.45) is 0 Å². The molecule has 6 heteroatoms. The second-order valence-electron chi connectivity index (χ2n) is 6.94. The lowest BCUT2D eigenvalue weighted by Crippen LogP contribution is -3.04. The van der Waals surface area contributed by atoms with Crippen LogP contribution in [-0.2, 0) is 9.53 Å². The van der Waals surface area contributed by atoms with Crippen molar-refractivity contribution in [2.75, 3.05) is 13.2 Å². The van der Waals surface area contributed by atoms with Gasteiger partial charge in [-0.05, 0) is 24.8 Å². The number of hydrogen-bond donors (Lipinski definition) is 1. The first-order chi connectivity index (χ1) is 13.0. The van der Waals surface area contributed by atoms with E-state index in [1.165, 1.54) is 10.3 Å². The van der Waals surface area contributed by atoms with Gasteiger partial charge in [0.1, 0.15) is 6.20 Å². The highest BCUT2D eigenvalue weighted by atomic mass is 16.5. The normalized spacial score (nSPS) is 18.8. The molecule has 1 aromatic rings. The van der Waals surface area contributed by atoms with E-state index in [4.69, 9.17) is 4.74 Å². The molecule has 1 atom stereocenters. The highest BCUT2D eigenvalue weighted by Gasteiger charge is 2.36. The average Bonchev–Trinajstić information content (AvgIpc) is 2.94. The lowest BCUT2D eigenvalue weighted by molar-refractivity contribution is -0.779. The first kappa shape index (κ1) is 19.0. The van der Waals surface area contributed by atoms with Gasteiger partial charge in [0.25, 0.3) is 5.91 Å². The molecule has 0 saturated heterocycles. The summed E-state index contributed by atoms with van der Waals surface area (Å²) in [6.07, 6.45) is 14.0. The average molecular weight is 368 g/mol. The van der Waals surface area contributed by atoms with Crippen LogP contribution in [0.3, 0.4) is 0 Å². The molecule has 1 aliphatic heterocycles. The van der Waals surface area contributed by atoms with Gasteiger partial charge in [0.15, 0.2) is 5.57 Å². The molecule has 2 aliphatic rings. The zero-order chi connectivity index (χ0) is 19.4. The molecule has 0 bridgehead atoms. The van der Waals surface area contributed by atoms with Crippen LogP contribution >= 0.6 is 0 Å². The number of hydrogen-bond acceptors (Lipinski definition) is 4. The number of aromatic nitrogens is 2. The topological polar surface area (TPSA) is 65.6 Å². The van der Waals surface area contributed by atoms with Crippen molar-refractivity contribution in [1.82, 2.24) is 9.78 Å². The maximum atomic E-state index is 12.8. The van der Waals surface area contributed by atoms with E-state index >= 15 is 0 Å². The summed E-state index contributed by atoms with van der Waals surface area (Å²) in [5, 5.41) is 4.44. The van der Waals surface area contributed by atoms with Crippen LogP contribution in [0.5, 0.6) is 0 Å². The van der Waals surface area contributed by atoms with E-state index < -0.39 is 11.9 Å². The number of fused-ring (bicyclic) bond motifs is 1. The predicted octanol–water partition coefficient (Wildman–Crippen LogP) is 2.46. The van der Waals surface area contributed by atoms with Crippen LogP contribution in [0.1, 0.15) is 50.0 Å². The monoisotopic (exact) mass is 368 g/mol. The molecule has 0 fully saturated rings. The molecule has 0 radical (unpaired) electrons. The smallest absolute Gasteiger partial charge is 0.349 e. The Balaban J connectivity index is 1.90. The van der Waals surface area contributed by atoms with Gasteiger partial charge in [0.2, 0.25) is 5.82 Å².